The second-order valence-corrected chi connectivity index (χ2v) is 9.00. The summed E-state index contributed by atoms with van der Waals surface area (Å²) in [5, 5.41) is 37.3. The average molecular weight is 487 g/mol. The molecule has 4 rings (SSSR count). The van der Waals surface area contributed by atoms with Crippen molar-refractivity contribution in [3.8, 4) is 0 Å². The van der Waals surface area contributed by atoms with Crippen LogP contribution in [0.25, 0.3) is 0 Å². The number of likely N-dealkylation sites (N-methyl/N-ethyl adjacent to an activating group) is 1. The van der Waals surface area contributed by atoms with E-state index in [1.54, 1.807) is 6.07 Å². The normalized spacial score (nSPS) is 17.2. The maximum atomic E-state index is 13.1. The van der Waals surface area contributed by atoms with E-state index in [1.807, 2.05) is 11.9 Å². The summed E-state index contributed by atoms with van der Waals surface area (Å²) in [6, 6.07) is 4.32. The lowest BCUT2D eigenvalue weighted by atomic mass is 10.0. The zero-order valence-corrected chi connectivity index (χ0v) is 19.4. The Balaban J connectivity index is 1.67. The lowest BCUT2D eigenvalue weighted by Crippen LogP contribution is -2.44. The maximum Gasteiger partial charge on any atom is 0.432 e. The topological polar surface area (TPSA) is 174 Å². The van der Waals surface area contributed by atoms with E-state index in [4.69, 9.17) is 0 Å². The van der Waals surface area contributed by atoms with Crippen LogP contribution in [0.5, 0.6) is 0 Å². The quantitative estimate of drug-likeness (QED) is 0.427. The van der Waals surface area contributed by atoms with Gasteiger partial charge >= 0.3 is 12.2 Å². The molecule has 2 amide bonds. The van der Waals surface area contributed by atoms with Gasteiger partial charge in [-0.25, -0.2) is 9.59 Å². The number of nitrogens with zero attached hydrogens (tertiary/aromatic N) is 6. The number of carbonyl (C=O) groups excluding carboxylic acids is 1. The second kappa shape index (κ2) is 8.54. The number of carboxylic acid groups (broad SMARTS) is 2. The summed E-state index contributed by atoms with van der Waals surface area (Å²) in [6.45, 7) is 5.84. The number of anilines is 2. The van der Waals surface area contributed by atoms with Crippen molar-refractivity contribution in [3.63, 3.8) is 0 Å². The van der Waals surface area contributed by atoms with Gasteiger partial charge in [-0.2, -0.15) is 4.68 Å². The van der Waals surface area contributed by atoms with E-state index in [0.29, 0.717) is 23.5 Å². The fourth-order valence-corrected chi connectivity index (χ4v) is 4.56. The van der Waals surface area contributed by atoms with Crippen LogP contribution in [0.3, 0.4) is 0 Å². The van der Waals surface area contributed by atoms with E-state index in [0.717, 1.165) is 18.0 Å². The molecule has 35 heavy (non-hydrogen) atoms. The Morgan fingerprint density at radius 3 is 2.34 bits per heavy atom. The van der Waals surface area contributed by atoms with Gasteiger partial charge in [-0.05, 0) is 33.0 Å². The molecule has 14 heteroatoms. The number of carbonyl (C=O) groups is 3. The molecule has 0 unspecified atom stereocenters. The summed E-state index contributed by atoms with van der Waals surface area (Å²) in [5.74, 6) is -1.02. The summed E-state index contributed by atoms with van der Waals surface area (Å²) in [4.78, 5) is 52.8. The lowest BCUT2D eigenvalue weighted by molar-refractivity contribution is -0.385. The van der Waals surface area contributed by atoms with Gasteiger partial charge in [0.25, 0.3) is 11.6 Å². The Labute approximate surface area is 199 Å². The highest BCUT2D eigenvalue weighted by molar-refractivity contribution is 6.07. The fraction of sp³-hybridized carbons (Fsp3) is 0.429. The molecular weight excluding hydrogens is 462 g/mol. The number of nitro benzene ring substituents is 1. The first kappa shape index (κ1) is 23.9. The number of aromatic nitrogens is 2. The van der Waals surface area contributed by atoms with Gasteiger partial charge in [0, 0.05) is 43.5 Å². The summed E-state index contributed by atoms with van der Waals surface area (Å²) in [5.41, 5.74) is -0.922. The predicted molar refractivity (Wildman–Crippen MR) is 123 cm³/mol. The molecule has 1 fully saturated rings. The number of nitrogens with one attached hydrogen (secondary N) is 1. The minimum absolute atomic E-state index is 0.0996. The number of amides is 2. The molecule has 0 saturated carbocycles. The van der Waals surface area contributed by atoms with Crippen LogP contribution in [0.4, 0.5) is 26.8 Å². The summed E-state index contributed by atoms with van der Waals surface area (Å²) in [7, 11) is 1.99. The van der Waals surface area contributed by atoms with Gasteiger partial charge in [0.2, 0.25) is 0 Å². The minimum atomic E-state index is -1.45. The summed E-state index contributed by atoms with van der Waals surface area (Å²) >= 11 is 0. The molecule has 186 valence electrons. The molecule has 14 nitrogen and oxygen atoms in total. The highest BCUT2D eigenvalue weighted by Gasteiger charge is 2.47. The van der Waals surface area contributed by atoms with Gasteiger partial charge in [-0.15, -0.1) is 5.10 Å². The first-order valence-electron chi connectivity index (χ1n) is 10.8. The number of hydrogen-bond acceptors (Lipinski definition) is 8. The maximum absolute atomic E-state index is 13.1. The molecule has 1 aromatic heterocycles. The van der Waals surface area contributed by atoms with Gasteiger partial charge in [0.15, 0.2) is 5.82 Å². The van der Waals surface area contributed by atoms with Crippen LogP contribution in [-0.2, 0) is 12.1 Å². The van der Waals surface area contributed by atoms with Crippen LogP contribution >= 0.6 is 0 Å². The van der Waals surface area contributed by atoms with Gasteiger partial charge in [0.1, 0.15) is 5.56 Å². The largest absolute Gasteiger partial charge is 0.465 e. The first-order chi connectivity index (χ1) is 16.4. The molecule has 1 aromatic carbocycles. The molecule has 0 aliphatic carbocycles. The molecule has 0 atom stereocenters. The van der Waals surface area contributed by atoms with Crippen molar-refractivity contribution in [3.05, 3.63) is 45.1 Å². The Morgan fingerprint density at radius 2 is 1.77 bits per heavy atom. The Bertz CT molecular complexity index is 1230. The molecule has 3 heterocycles. The van der Waals surface area contributed by atoms with Crippen LogP contribution in [-0.4, -0.2) is 86.0 Å². The van der Waals surface area contributed by atoms with Crippen molar-refractivity contribution < 1.29 is 29.5 Å². The van der Waals surface area contributed by atoms with Crippen LogP contribution in [0, 0.1) is 10.1 Å². The van der Waals surface area contributed by atoms with Crippen LogP contribution in [0.15, 0.2) is 18.2 Å². The molecule has 1 saturated heterocycles. The standard InChI is InChI=1S/C21H25N7O7/c1-21(2)16-14(11-26(21)19(30)31)17(23-27(16)20(32)33)22-18(29)13-5-4-12(10-15(13)28(34)35)25-8-6-24(3)7-9-25/h4-5,10H,6-9,11H2,1-3H3,(H,30,31)(H,32,33)(H,22,23,29). The van der Waals surface area contributed by atoms with Gasteiger partial charge in [-0.1, -0.05) is 0 Å². The monoisotopic (exact) mass is 487 g/mol. The van der Waals surface area contributed by atoms with Crippen LogP contribution in [0.2, 0.25) is 0 Å². The lowest BCUT2D eigenvalue weighted by Gasteiger charge is -2.34. The number of fused-ring (bicyclic) bond motifs is 1. The van der Waals surface area contributed by atoms with Gasteiger partial charge in [0.05, 0.1) is 22.7 Å². The molecule has 0 radical (unpaired) electrons. The van der Waals surface area contributed by atoms with Crippen LogP contribution in [0.1, 0.15) is 35.5 Å². The van der Waals surface area contributed by atoms with Crippen molar-refractivity contribution >= 4 is 35.3 Å². The van der Waals surface area contributed by atoms with E-state index in [1.165, 1.54) is 26.0 Å². The number of rotatable bonds is 4. The van der Waals surface area contributed by atoms with E-state index < -0.39 is 34.2 Å². The van der Waals surface area contributed by atoms with Crippen molar-refractivity contribution in [2.24, 2.45) is 0 Å². The highest BCUT2D eigenvalue weighted by Crippen LogP contribution is 2.42. The fourth-order valence-electron chi connectivity index (χ4n) is 4.56. The smallest absolute Gasteiger partial charge is 0.432 e. The predicted octanol–water partition coefficient (Wildman–Crippen LogP) is 2.05. The Hall–Kier alpha value is -4.20. The van der Waals surface area contributed by atoms with E-state index in [-0.39, 0.29) is 29.2 Å². The molecule has 2 aliphatic heterocycles. The number of benzene rings is 1. The molecule has 3 N–H and O–H groups in total. The van der Waals surface area contributed by atoms with Gasteiger partial charge < -0.3 is 25.3 Å². The zero-order valence-electron chi connectivity index (χ0n) is 19.4. The number of nitro groups is 1. The molecule has 0 bridgehead atoms. The minimum Gasteiger partial charge on any atom is -0.465 e. The Morgan fingerprint density at radius 1 is 1.11 bits per heavy atom. The molecule has 0 spiro atoms. The van der Waals surface area contributed by atoms with Crippen molar-refractivity contribution in [2.45, 2.75) is 25.9 Å². The third-order valence-corrected chi connectivity index (χ3v) is 6.49. The number of piperazine rings is 1. The SMILES string of the molecule is CN1CCN(c2ccc(C(=O)Nc3nn(C(=O)O)c4c3CN(C(=O)O)C4(C)C)c([N+](=O)[O-])c2)CC1. The third-order valence-electron chi connectivity index (χ3n) is 6.49. The molecule has 2 aromatic rings. The van der Waals surface area contributed by atoms with Crippen molar-refractivity contribution in [2.75, 3.05) is 43.4 Å². The van der Waals surface area contributed by atoms with Crippen molar-refractivity contribution in [1.29, 1.82) is 0 Å². The summed E-state index contributed by atoms with van der Waals surface area (Å²) < 4.78 is 0.624. The zero-order chi connectivity index (χ0) is 25.7. The van der Waals surface area contributed by atoms with Crippen molar-refractivity contribution in [1.82, 2.24) is 19.6 Å². The Kier molecular flexibility index (Phi) is 5.84. The van der Waals surface area contributed by atoms with Gasteiger partial charge in [-0.3, -0.25) is 19.8 Å². The highest BCUT2D eigenvalue weighted by atomic mass is 16.6. The van der Waals surface area contributed by atoms with E-state index >= 15 is 0 Å². The molecular formula is C21H25N7O7. The van der Waals surface area contributed by atoms with E-state index in [2.05, 4.69) is 15.3 Å². The third kappa shape index (κ3) is 4.12. The second-order valence-electron chi connectivity index (χ2n) is 9.00. The molecule has 2 aliphatic rings. The summed E-state index contributed by atoms with van der Waals surface area (Å²) in [6.07, 6.45) is -2.72. The first-order valence-corrected chi connectivity index (χ1v) is 10.8. The van der Waals surface area contributed by atoms with Crippen LogP contribution < -0.4 is 10.2 Å². The number of hydrogen-bond donors (Lipinski definition) is 3. The average Bonchev–Trinajstić information content (AvgIpc) is 3.29. The van der Waals surface area contributed by atoms with E-state index in [9.17, 15) is 34.7 Å².